The molecular formula is C14H18N4OS. The van der Waals surface area contributed by atoms with Gasteiger partial charge in [0.2, 0.25) is 0 Å². The molecule has 0 saturated carbocycles. The maximum Gasteiger partial charge on any atom is 0.257 e. The van der Waals surface area contributed by atoms with E-state index < -0.39 is 0 Å². The fourth-order valence-corrected chi connectivity index (χ4v) is 2.22. The third kappa shape index (κ3) is 3.77. The van der Waals surface area contributed by atoms with Crippen LogP contribution in [0.5, 0.6) is 0 Å². The summed E-state index contributed by atoms with van der Waals surface area (Å²) in [7, 11) is 0. The van der Waals surface area contributed by atoms with Gasteiger partial charge >= 0.3 is 0 Å². The standard InChI is InChI=1S/C14H18N4OS/c1-3-5-15-12-9-10(8-11(4-2)17-12)13(19)18-14-16-6-7-20-14/h6-9H,3-5H2,1-2H3,(H,15,17)(H,16,18,19). The normalized spacial score (nSPS) is 10.3. The third-order valence-electron chi connectivity index (χ3n) is 2.71. The average molecular weight is 290 g/mol. The van der Waals surface area contributed by atoms with E-state index in [0.29, 0.717) is 10.7 Å². The van der Waals surface area contributed by atoms with Crippen LogP contribution in [0.15, 0.2) is 23.7 Å². The maximum absolute atomic E-state index is 12.2. The Morgan fingerprint density at radius 3 is 2.85 bits per heavy atom. The van der Waals surface area contributed by atoms with Crippen LogP contribution in [0, 0.1) is 0 Å². The number of anilines is 2. The van der Waals surface area contributed by atoms with E-state index in [9.17, 15) is 4.79 Å². The zero-order valence-electron chi connectivity index (χ0n) is 11.6. The molecular weight excluding hydrogens is 272 g/mol. The van der Waals surface area contributed by atoms with Crippen molar-refractivity contribution in [3.63, 3.8) is 0 Å². The highest BCUT2D eigenvalue weighted by Gasteiger charge is 2.10. The van der Waals surface area contributed by atoms with Crippen molar-refractivity contribution in [1.29, 1.82) is 0 Å². The summed E-state index contributed by atoms with van der Waals surface area (Å²) in [5, 5.41) is 8.44. The third-order valence-corrected chi connectivity index (χ3v) is 3.40. The highest BCUT2D eigenvalue weighted by Crippen LogP contribution is 2.15. The lowest BCUT2D eigenvalue weighted by Gasteiger charge is -2.09. The molecule has 2 N–H and O–H groups in total. The van der Waals surface area contributed by atoms with Crippen LogP contribution in [0.3, 0.4) is 0 Å². The Hall–Kier alpha value is -1.95. The number of nitrogens with zero attached hydrogens (tertiary/aromatic N) is 2. The van der Waals surface area contributed by atoms with Crippen LogP contribution < -0.4 is 10.6 Å². The molecule has 2 aromatic heterocycles. The minimum absolute atomic E-state index is 0.156. The van der Waals surface area contributed by atoms with Gasteiger partial charge in [0, 0.05) is 29.4 Å². The summed E-state index contributed by atoms with van der Waals surface area (Å²) < 4.78 is 0. The number of carbonyl (C=O) groups is 1. The summed E-state index contributed by atoms with van der Waals surface area (Å²) in [6.45, 7) is 4.95. The SMILES string of the molecule is CCCNc1cc(C(=O)Nc2nccs2)cc(CC)n1. The van der Waals surface area contributed by atoms with Gasteiger partial charge in [0.15, 0.2) is 5.13 Å². The number of amides is 1. The maximum atomic E-state index is 12.2. The second-order valence-electron chi connectivity index (χ2n) is 4.30. The average Bonchev–Trinajstić information content (AvgIpc) is 2.97. The van der Waals surface area contributed by atoms with E-state index in [0.717, 1.165) is 30.9 Å². The zero-order valence-corrected chi connectivity index (χ0v) is 12.5. The summed E-state index contributed by atoms with van der Waals surface area (Å²) >= 11 is 1.40. The molecule has 0 aliphatic rings. The number of rotatable bonds is 6. The van der Waals surface area contributed by atoms with Gasteiger partial charge in [0.1, 0.15) is 5.82 Å². The molecule has 0 bridgehead atoms. The molecule has 6 heteroatoms. The van der Waals surface area contributed by atoms with E-state index in [-0.39, 0.29) is 5.91 Å². The van der Waals surface area contributed by atoms with Crippen molar-refractivity contribution in [2.24, 2.45) is 0 Å². The van der Waals surface area contributed by atoms with E-state index in [2.05, 4.69) is 27.5 Å². The topological polar surface area (TPSA) is 66.9 Å². The Bertz CT molecular complexity index is 569. The van der Waals surface area contributed by atoms with Crippen LogP contribution in [-0.4, -0.2) is 22.4 Å². The van der Waals surface area contributed by atoms with Gasteiger partial charge in [0.05, 0.1) is 0 Å². The smallest absolute Gasteiger partial charge is 0.257 e. The number of hydrogen-bond acceptors (Lipinski definition) is 5. The van der Waals surface area contributed by atoms with Crippen molar-refractivity contribution in [2.45, 2.75) is 26.7 Å². The van der Waals surface area contributed by atoms with Crippen LogP contribution in [0.2, 0.25) is 0 Å². The van der Waals surface area contributed by atoms with E-state index in [1.165, 1.54) is 11.3 Å². The monoisotopic (exact) mass is 290 g/mol. The number of aryl methyl sites for hydroxylation is 1. The van der Waals surface area contributed by atoms with Crippen LogP contribution in [0.1, 0.15) is 36.3 Å². The Morgan fingerprint density at radius 1 is 1.35 bits per heavy atom. The Balaban J connectivity index is 2.18. The van der Waals surface area contributed by atoms with Crippen LogP contribution >= 0.6 is 11.3 Å². The minimum Gasteiger partial charge on any atom is -0.370 e. The number of thiazole rings is 1. The first-order valence-corrected chi connectivity index (χ1v) is 7.56. The molecule has 0 unspecified atom stereocenters. The van der Waals surface area contributed by atoms with Crippen molar-refractivity contribution < 1.29 is 4.79 Å². The first-order chi connectivity index (χ1) is 9.72. The molecule has 0 aliphatic heterocycles. The van der Waals surface area contributed by atoms with Gasteiger partial charge in [-0.1, -0.05) is 13.8 Å². The van der Waals surface area contributed by atoms with Crippen molar-refractivity contribution in [2.75, 3.05) is 17.2 Å². The van der Waals surface area contributed by atoms with Gasteiger partial charge in [-0.25, -0.2) is 9.97 Å². The van der Waals surface area contributed by atoms with E-state index in [1.54, 1.807) is 12.3 Å². The van der Waals surface area contributed by atoms with Crippen LogP contribution in [-0.2, 0) is 6.42 Å². The number of aromatic nitrogens is 2. The zero-order chi connectivity index (χ0) is 14.4. The summed E-state index contributed by atoms with van der Waals surface area (Å²) in [5.74, 6) is 0.590. The highest BCUT2D eigenvalue weighted by atomic mass is 32.1. The van der Waals surface area contributed by atoms with Crippen molar-refractivity contribution >= 4 is 28.2 Å². The van der Waals surface area contributed by atoms with Crippen molar-refractivity contribution in [1.82, 2.24) is 9.97 Å². The van der Waals surface area contributed by atoms with Gasteiger partial charge in [-0.05, 0) is 25.0 Å². The fraction of sp³-hybridized carbons (Fsp3) is 0.357. The molecule has 2 heterocycles. The fourth-order valence-electron chi connectivity index (χ4n) is 1.70. The molecule has 1 amide bonds. The lowest BCUT2D eigenvalue weighted by molar-refractivity contribution is 0.102. The van der Waals surface area contributed by atoms with Gasteiger partial charge in [-0.3, -0.25) is 10.1 Å². The van der Waals surface area contributed by atoms with E-state index in [1.807, 2.05) is 18.4 Å². The molecule has 0 atom stereocenters. The van der Waals surface area contributed by atoms with Gasteiger partial charge in [-0.2, -0.15) is 0 Å². The predicted molar refractivity (Wildman–Crippen MR) is 82.5 cm³/mol. The van der Waals surface area contributed by atoms with Gasteiger partial charge in [-0.15, -0.1) is 11.3 Å². The van der Waals surface area contributed by atoms with Gasteiger partial charge in [0.25, 0.3) is 5.91 Å². The van der Waals surface area contributed by atoms with E-state index >= 15 is 0 Å². The largest absolute Gasteiger partial charge is 0.370 e. The molecule has 106 valence electrons. The first kappa shape index (κ1) is 14.5. The Labute approximate surface area is 122 Å². The molecule has 5 nitrogen and oxygen atoms in total. The summed E-state index contributed by atoms with van der Waals surface area (Å²) in [4.78, 5) is 20.7. The molecule has 2 rings (SSSR count). The van der Waals surface area contributed by atoms with Crippen molar-refractivity contribution in [3.05, 3.63) is 35.0 Å². The lowest BCUT2D eigenvalue weighted by atomic mass is 10.2. The first-order valence-electron chi connectivity index (χ1n) is 6.68. The molecule has 0 saturated heterocycles. The molecule has 0 spiro atoms. The summed E-state index contributed by atoms with van der Waals surface area (Å²) in [5.41, 5.74) is 1.50. The molecule has 0 aromatic carbocycles. The molecule has 0 fully saturated rings. The molecule has 0 aliphatic carbocycles. The number of pyridine rings is 1. The lowest BCUT2D eigenvalue weighted by Crippen LogP contribution is -2.14. The summed E-state index contributed by atoms with van der Waals surface area (Å²) in [6.07, 6.45) is 3.47. The van der Waals surface area contributed by atoms with Crippen LogP contribution in [0.25, 0.3) is 0 Å². The number of nitrogens with one attached hydrogen (secondary N) is 2. The number of hydrogen-bond donors (Lipinski definition) is 2. The van der Waals surface area contributed by atoms with Gasteiger partial charge < -0.3 is 5.32 Å². The minimum atomic E-state index is -0.156. The predicted octanol–water partition coefficient (Wildman–Crippen LogP) is 3.17. The molecule has 20 heavy (non-hydrogen) atoms. The Kier molecular flexibility index (Phi) is 5.06. The molecule has 0 radical (unpaired) electrons. The van der Waals surface area contributed by atoms with E-state index in [4.69, 9.17) is 0 Å². The van der Waals surface area contributed by atoms with Crippen LogP contribution in [0.4, 0.5) is 10.9 Å². The molecule has 2 aromatic rings. The summed E-state index contributed by atoms with van der Waals surface area (Å²) in [6, 6.07) is 3.60. The van der Waals surface area contributed by atoms with Crippen molar-refractivity contribution in [3.8, 4) is 0 Å². The highest BCUT2D eigenvalue weighted by molar-refractivity contribution is 7.13. The second kappa shape index (κ2) is 7.00. The number of carbonyl (C=O) groups excluding carboxylic acids is 1. The second-order valence-corrected chi connectivity index (χ2v) is 5.20. The quantitative estimate of drug-likeness (QED) is 0.857. The Morgan fingerprint density at radius 2 is 2.20 bits per heavy atom.